The maximum absolute atomic E-state index is 14.1. The lowest BCUT2D eigenvalue weighted by Crippen LogP contribution is -2.65. The van der Waals surface area contributed by atoms with E-state index in [2.05, 4.69) is 80.3 Å². The molecule has 0 aromatic rings. The highest BCUT2D eigenvalue weighted by atomic mass is 32.3. The molecule has 94 heavy (non-hydrogen) atoms. The van der Waals surface area contributed by atoms with Crippen LogP contribution in [-0.2, 0) is 47.9 Å². The van der Waals surface area contributed by atoms with Crippen molar-refractivity contribution < 1.29 is 81.1 Å². The minimum atomic E-state index is -5.33. The van der Waals surface area contributed by atoms with Gasteiger partial charge in [-0.1, -0.05) is 256 Å². The van der Waals surface area contributed by atoms with Crippen molar-refractivity contribution in [2.75, 3.05) is 13.2 Å². The molecule has 0 spiro atoms. The third kappa shape index (κ3) is 39.4. The molecule has 2 saturated heterocycles. The van der Waals surface area contributed by atoms with E-state index in [1.54, 1.807) is 6.92 Å². The summed E-state index contributed by atoms with van der Waals surface area (Å²) >= 11 is 0. The Morgan fingerprint density at radius 2 is 0.745 bits per heavy atom. The molecule has 18 heteroatoms. The number of esters is 2. The van der Waals surface area contributed by atoms with Gasteiger partial charge in [0.05, 0.1) is 25.2 Å². The van der Waals surface area contributed by atoms with Gasteiger partial charge in [-0.05, 0) is 124 Å². The highest BCUT2D eigenvalue weighted by Crippen LogP contribution is 2.36. The first kappa shape index (κ1) is 88.5. The van der Waals surface area contributed by atoms with Crippen LogP contribution in [0.25, 0.3) is 0 Å². The summed E-state index contributed by atoms with van der Waals surface area (Å²) in [4.78, 5) is 27.8. The van der Waals surface area contributed by atoms with Crippen molar-refractivity contribution in [2.24, 2.45) is 59.2 Å². The lowest BCUT2D eigenvalue weighted by Gasteiger charge is -2.46. The largest absolute Gasteiger partial charge is 0.455 e. The van der Waals surface area contributed by atoms with Gasteiger partial charge in [0.15, 0.2) is 24.6 Å². The average molecular weight is 1360 g/mol. The Kier molecular flexibility index (Phi) is 48.6. The first-order valence-electron chi connectivity index (χ1n) is 38.7. The van der Waals surface area contributed by atoms with Crippen molar-refractivity contribution in [2.45, 2.75) is 401 Å². The Hall–Kier alpha value is -1.55. The fraction of sp³-hybridized carbons (Fsp3) is 0.974. The highest BCUT2D eigenvalue weighted by molar-refractivity contribution is 7.80. The van der Waals surface area contributed by atoms with Crippen LogP contribution in [0.2, 0.25) is 0 Å². The molecular weight excluding hydrogens is 1220 g/mol. The monoisotopic (exact) mass is 1360 g/mol. The number of hydrogen-bond acceptors (Lipinski definition) is 16. The first-order chi connectivity index (χ1) is 44.7. The van der Waals surface area contributed by atoms with Gasteiger partial charge in [-0.25, -0.2) is 4.18 Å². The standard InChI is InChI=1S/C76H146O17S/c1-13-15-17-19-21-23-25-27-28-30-32-34-36-38-40-42-67(80)90-73-71(69(82)66(53-78)89-76(73)92-75-72(93-94(85,86)87)70(83)68(81)65(52-77)88-75)91-74(84)63(12)51-61(10)49-59(8)47-57(6)45-55(4)43-54(3)44-56(5)46-58(7)48-60(9)50-62(11)64(79)41-39-37-35-33-31-29-26-24-22-20-18-16-14-2/h54-66,68-73,75-79,81-83H,13-53H2,1-12H3,(H,85,86,87)/t54-,55+,56-,57+,58-,59+,60-,61+,62-,63+,64?,65?,66?,68-,69-,70?,71?,72+,73-,75-,76-/m1/s1. The Morgan fingerprint density at radius 1 is 0.415 bits per heavy atom. The maximum Gasteiger partial charge on any atom is 0.397 e. The smallest absolute Gasteiger partial charge is 0.397 e. The molecule has 0 radical (unpaired) electrons. The molecule has 2 aliphatic rings. The first-order valence-corrected chi connectivity index (χ1v) is 40.1. The molecule has 2 rings (SSSR count). The fourth-order valence-corrected chi connectivity index (χ4v) is 16.3. The van der Waals surface area contributed by atoms with Gasteiger partial charge in [-0.15, -0.1) is 0 Å². The van der Waals surface area contributed by atoms with Gasteiger partial charge in [-0.2, -0.15) is 8.42 Å². The van der Waals surface area contributed by atoms with Gasteiger partial charge in [0, 0.05) is 6.42 Å². The Bertz CT molecular complexity index is 1980. The summed E-state index contributed by atoms with van der Waals surface area (Å²) in [6.07, 6.45) is 26.2. The molecule has 0 aliphatic carbocycles. The normalized spacial score (nSPS) is 25.6. The zero-order valence-electron chi connectivity index (χ0n) is 61.7. The summed E-state index contributed by atoms with van der Waals surface area (Å²) in [6, 6.07) is 0. The average Bonchev–Trinajstić information content (AvgIpc) is 0.781. The van der Waals surface area contributed by atoms with E-state index in [9.17, 15) is 53.2 Å². The van der Waals surface area contributed by atoms with E-state index in [0.717, 1.165) is 70.6 Å². The number of unbranched alkanes of at least 4 members (excludes halogenated alkanes) is 26. The number of carbonyl (C=O) groups excluding carboxylic acids is 2. The summed E-state index contributed by atoms with van der Waals surface area (Å²) < 4.78 is 67.6. The number of carbonyl (C=O) groups is 2. The summed E-state index contributed by atoms with van der Waals surface area (Å²) in [5, 5.41) is 64.6. The second-order valence-corrected chi connectivity index (χ2v) is 32.1. The molecule has 0 bridgehead atoms. The Labute approximate surface area is 574 Å². The van der Waals surface area contributed by atoms with Crippen LogP contribution in [0.3, 0.4) is 0 Å². The lowest BCUT2D eigenvalue weighted by atomic mass is 9.79. The Morgan fingerprint density at radius 3 is 1.12 bits per heavy atom. The van der Waals surface area contributed by atoms with E-state index >= 15 is 0 Å². The molecular formula is C76H146O17S. The second-order valence-electron chi connectivity index (χ2n) is 31.0. The van der Waals surface area contributed by atoms with E-state index in [1.807, 2.05) is 0 Å². The summed E-state index contributed by atoms with van der Waals surface area (Å²) in [7, 11) is -5.33. The molecule has 2 heterocycles. The van der Waals surface area contributed by atoms with Crippen molar-refractivity contribution in [3.05, 3.63) is 0 Å². The van der Waals surface area contributed by atoms with Gasteiger partial charge in [0.2, 0.25) is 6.29 Å². The fourth-order valence-electron chi connectivity index (χ4n) is 15.8. The van der Waals surface area contributed by atoms with Crippen LogP contribution < -0.4 is 0 Å². The second kappa shape index (κ2) is 51.6. The summed E-state index contributed by atoms with van der Waals surface area (Å²) in [5.74, 6) is 2.34. The number of aliphatic hydroxyl groups excluding tert-OH is 6. The van der Waals surface area contributed by atoms with Gasteiger partial charge in [0.25, 0.3) is 0 Å². The van der Waals surface area contributed by atoms with Crippen LogP contribution in [0.4, 0.5) is 0 Å². The van der Waals surface area contributed by atoms with Crippen molar-refractivity contribution >= 4 is 22.3 Å². The van der Waals surface area contributed by atoms with Gasteiger partial charge >= 0.3 is 22.3 Å². The minimum absolute atomic E-state index is 0.0534. The van der Waals surface area contributed by atoms with E-state index in [-0.39, 0.29) is 18.4 Å². The molecule has 0 aromatic heterocycles. The van der Waals surface area contributed by atoms with Crippen molar-refractivity contribution in [3.63, 3.8) is 0 Å². The van der Waals surface area contributed by atoms with Crippen LogP contribution >= 0.6 is 0 Å². The maximum atomic E-state index is 14.1. The van der Waals surface area contributed by atoms with Gasteiger partial charge in [0.1, 0.15) is 30.5 Å². The predicted molar refractivity (Wildman–Crippen MR) is 376 cm³/mol. The molecule has 7 N–H and O–H groups in total. The van der Waals surface area contributed by atoms with E-state index < -0.39 is 103 Å². The SMILES string of the molecule is CCCCCCCCCCCCCCCCCC(=O)O[C@@H]1C(OC(=O)[C@@H](C)C[C@@H](C)C[C@@H](C)C[C@@H](C)C[C@@H](C)C[C@@H](C)C[C@@H](C)C[C@@H](C)C[C@@H](C)C[C@@H](C)C(O)CCCCCCCCCCCCCCC)[C@H](O)C(CO)O[C@@H]1O[C@H]1OC(CO)[C@@H](O)C(O)[C@@H]1OS(=O)(=O)O. The molecule has 2 aliphatic heterocycles. The molecule has 17 nitrogen and oxygen atoms in total. The number of aliphatic hydroxyl groups is 6. The molecule has 2 fully saturated rings. The van der Waals surface area contributed by atoms with E-state index in [0.29, 0.717) is 60.2 Å². The van der Waals surface area contributed by atoms with Gasteiger partial charge < -0.3 is 54.3 Å². The molecule has 21 atom stereocenters. The molecule has 0 aromatic carbocycles. The van der Waals surface area contributed by atoms with Gasteiger partial charge in [-0.3, -0.25) is 14.1 Å². The van der Waals surface area contributed by atoms with Crippen molar-refractivity contribution in [1.29, 1.82) is 0 Å². The number of rotatable bonds is 58. The van der Waals surface area contributed by atoms with Crippen LogP contribution in [0.15, 0.2) is 0 Å². The number of ether oxygens (including phenoxy) is 5. The van der Waals surface area contributed by atoms with E-state index in [1.165, 1.54) is 161 Å². The van der Waals surface area contributed by atoms with Crippen LogP contribution in [-0.4, -0.2) is 136 Å². The van der Waals surface area contributed by atoms with E-state index in [4.69, 9.17) is 23.7 Å². The van der Waals surface area contributed by atoms with Crippen LogP contribution in [0.1, 0.15) is 333 Å². The summed E-state index contributed by atoms with van der Waals surface area (Å²) in [5.41, 5.74) is 0. The number of hydrogen-bond donors (Lipinski definition) is 7. The predicted octanol–water partition coefficient (Wildman–Crippen LogP) is 16.5. The summed E-state index contributed by atoms with van der Waals surface area (Å²) in [6.45, 7) is 25.5. The zero-order chi connectivity index (χ0) is 70.0. The van der Waals surface area contributed by atoms with Crippen molar-refractivity contribution in [3.8, 4) is 0 Å². The lowest BCUT2D eigenvalue weighted by molar-refractivity contribution is -0.374. The minimum Gasteiger partial charge on any atom is -0.455 e. The van der Waals surface area contributed by atoms with Crippen LogP contribution in [0, 0.1) is 59.2 Å². The molecule has 5 unspecified atom stereocenters. The van der Waals surface area contributed by atoms with Crippen LogP contribution in [0.5, 0.6) is 0 Å². The molecule has 0 amide bonds. The third-order valence-corrected chi connectivity index (χ3v) is 20.9. The topological polar surface area (TPSA) is 265 Å². The molecule has 0 saturated carbocycles. The zero-order valence-corrected chi connectivity index (χ0v) is 62.6. The quantitative estimate of drug-likeness (QED) is 0.0169. The van der Waals surface area contributed by atoms with Crippen molar-refractivity contribution in [1.82, 2.24) is 0 Å². The third-order valence-electron chi connectivity index (χ3n) is 20.5. The molecule has 558 valence electrons. The Balaban J connectivity index is 1.92. The highest BCUT2D eigenvalue weighted by Gasteiger charge is 2.55.